The molecule has 0 heterocycles. The molecule has 0 aliphatic carbocycles. The molecular weight excluding hydrogens is 266 g/mol. The van der Waals surface area contributed by atoms with E-state index in [0.29, 0.717) is 6.04 Å². The van der Waals surface area contributed by atoms with Crippen molar-refractivity contribution in [3.63, 3.8) is 0 Å². The van der Waals surface area contributed by atoms with Crippen LogP contribution in [0.1, 0.15) is 25.3 Å². The van der Waals surface area contributed by atoms with E-state index >= 15 is 0 Å². The van der Waals surface area contributed by atoms with Gasteiger partial charge in [-0.15, -0.1) is 0 Å². The summed E-state index contributed by atoms with van der Waals surface area (Å²) in [5.74, 6) is 0.972. The Bertz CT molecular complexity index is 328. The topological polar surface area (TPSA) is 21.3 Å². The Morgan fingerprint density at radius 3 is 2.75 bits per heavy atom. The third-order valence-corrected chi connectivity index (χ3v) is 3.25. The molecule has 3 heteroatoms. The fourth-order valence-electron chi connectivity index (χ4n) is 1.87. The van der Waals surface area contributed by atoms with Crippen LogP contribution in [-0.4, -0.2) is 20.2 Å². The number of ether oxygens (including phenoxy) is 1. The largest absolute Gasteiger partial charge is 0.496 e. The molecule has 2 nitrogen and oxygen atoms in total. The molecule has 0 aromatic heterocycles. The molecule has 0 saturated carbocycles. The second-order valence-electron chi connectivity index (χ2n) is 3.93. The van der Waals surface area contributed by atoms with E-state index in [1.807, 2.05) is 19.2 Å². The second kappa shape index (κ2) is 6.92. The number of halogens is 1. The maximum atomic E-state index is 5.38. The molecule has 1 N–H and O–H groups in total. The summed E-state index contributed by atoms with van der Waals surface area (Å²) < 4.78 is 6.48. The molecule has 16 heavy (non-hydrogen) atoms. The van der Waals surface area contributed by atoms with Gasteiger partial charge in [0, 0.05) is 10.5 Å². The van der Waals surface area contributed by atoms with Crippen molar-refractivity contribution >= 4 is 15.9 Å². The number of hydrogen-bond donors (Lipinski definition) is 1. The Kier molecular flexibility index (Phi) is 5.85. The van der Waals surface area contributed by atoms with E-state index in [-0.39, 0.29) is 0 Å². The van der Waals surface area contributed by atoms with Crippen molar-refractivity contribution in [2.24, 2.45) is 0 Å². The first-order chi connectivity index (χ1) is 7.71. The minimum atomic E-state index is 0.521. The van der Waals surface area contributed by atoms with Crippen LogP contribution in [0.25, 0.3) is 0 Å². The van der Waals surface area contributed by atoms with Gasteiger partial charge in [-0.05, 0) is 43.7 Å². The number of nitrogens with one attached hydrogen (secondary N) is 1. The lowest BCUT2D eigenvalue weighted by Crippen LogP contribution is -2.27. The Labute approximate surface area is 107 Å². The SMILES string of the molecule is CCCC(Cc1cc(Br)ccc1OC)NC. The number of methoxy groups -OCH3 is 1. The van der Waals surface area contributed by atoms with Crippen LogP contribution in [0.2, 0.25) is 0 Å². The van der Waals surface area contributed by atoms with Crippen molar-refractivity contribution in [2.75, 3.05) is 14.2 Å². The molecule has 0 spiro atoms. The van der Waals surface area contributed by atoms with Crippen molar-refractivity contribution in [1.29, 1.82) is 0 Å². The quantitative estimate of drug-likeness (QED) is 0.865. The molecule has 1 aromatic carbocycles. The van der Waals surface area contributed by atoms with Gasteiger partial charge in [0.05, 0.1) is 7.11 Å². The van der Waals surface area contributed by atoms with Gasteiger partial charge in [-0.25, -0.2) is 0 Å². The van der Waals surface area contributed by atoms with Crippen LogP contribution >= 0.6 is 15.9 Å². The van der Waals surface area contributed by atoms with Crippen LogP contribution < -0.4 is 10.1 Å². The summed E-state index contributed by atoms with van der Waals surface area (Å²) in [4.78, 5) is 0. The lowest BCUT2D eigenvalue weighted by Gasteiger charge is -2.17. The minimum Gasteiger partial charge on any atom is -0.496 e. The van der Waals surface area contributed by atoms with Crippen molar-refractivity contribution in [2.45, 2.75) is 32.2 Å². The summed E-state index contributed by atoms with van der Waals surface area (Å²) in [6, 6.07) is 6.68. The van der Waals surface area contributed by atoms with E-state index in [0.717, 1.165) is 16.6 Å². The first kappa shape index (κ1) is 13.5. The lowest BCUT2D eigenvalue weighted by molar-refractivity contribution is 0.404. The molecule has 1 aromatic rings. The van der Waals surface area contributed by atoms with Crippen LogP contribution in [0.15, 0.2) is 22.7 Å². The van der Waals surface area contributed by atoms with Crippen LogP contribution in [-0.2, 0) is 6.42 Å². The lowest BCUT2D eigenvalue weighted by atomic mass is 10.0. The highest BCUT2D eigenvalue weighted by Gasteiger charge is 2.10. The average Bonchev–Trinajstić information content (AvgIpc) is 2.29. The monoisotopic (exact) mass is 285 g/mol. The van der Waals surface area contributed by atoms with Gasteiger partial charge < -0.3 is 10.1 Å². The third-order valence-electron chi connectivity index (χ3n) is 2.75. The summed E-state index contributed by atoms with van der Waals surface area (Å²) in [7, 11) is 3.74. The summed E-state index contributed by atoms with van der Waals surface area (Å²) in [6.07, 6.45) is 3.39. The van der Waals surface area contributed by atoms with Gasteiger partial charge >= 0.3 is 0 Å². The van der Waals surface area contributed by atoms with Gasteiger partial charge in [0.1, 0.15) is 5.75 Å². The standard InChI is InChI=1S/C13H20BrNO/c1-4-5-12(15-2)9-10-8-11(14)6-7-13(10)16-3/h6-8,12,15H,4-5,9H2,1-3H3. The van der Waals surface area contributed by atoms with Gasteiger partial charge in [0.25, 0.3) is 0 Å². The molecule has 0 amide bonds. The Hall–Kier alpha value is -0.540. The molecule has 0 fully saturated rings. The normalized spacial score (nSPS) is 12.5. The highest BCUT2D eigenvalue weighted by atomic mass is 79.9. The molecule has 90 valence electrons. The number of benzene rings is 1. The third kappa shape index (κ3) is 3.80. The first-order valence-corrected chi connectivity index (χ1v) is 6.50. The zero-order valence-electron chi connectivity index (χ0n) is 10.2. The highest BCUT2D eigenvalue weighted by Crippen LogP contribution is 2.24. The van der Waals surface area contributed by atoms with Crippen molar-refractivity contribution < 1.29 is 4.74 Å². The minimum absolute atomic E-state index is 0.521. The van der Waals surface area contributed by atoms with Crippen molar-refractivity contribution in [1.82, 2.24) is 5.32 Å². The van der Waals surface area contributed by atoms with E-state index in [2.05, 4.69) is 34.2 Å². The Morgan fingerprint density at radius 1 is 1.44 bits per heavy atom. The number of rotatable bonds is 6. The van der Waals surface area contributed by atoms with Gasteiger partial charge in [-0.2, -0.15) is 0 Å². The van der Waals surface area contributed by atoms with Crippen LogP contribution in [0, 0.1) is 0 Å². The predicted molar refractivity (Wildman–Crippen MR) is 72.2 cm³/mol. The fourth-order valence-corrected chi connectivity index (χ4v) is 2.28. The summed E-state index contributed by atoms with van der Waals surface area (Å²) in [5.41, 5.74) is 1.25. The first-order valence-electron chi connectivity index (χ1n) is 5.71. The van der Waals surface area contributed by atoms with Gasteiger partial charge in [-0.1, -0.05) is 29.3 Å². The predicted octanol–water partition coefficient (Wildman–Crippen LogP) is 3.39. The van der Waals surface area contributed by atoms with Gasteiger partial charge in [0.2, 0.25) is 0 Å². The molecule has 1 unspecified atom stereocenters. The molecular formula is C13H20BrNO. The fraction of sp³-hybridized carbons (Fsp3) is 0.538. The highest BCUT2D eigenvalue weighted by molar-refractivity contribution is 9.10. The maximum Gasteiger partial charge on any atom is 0.122 e. The van der Waals surface area contributed by atoms with Gasteiger partial charge in [-0.3, -0.25) is 0 Å². The molecule has 0 saturated heterocycles. The number of hydrogen-bond acceptors (Lipinski definition) is 2. The molecule has 0 radical (unpaired) electrons. The van der Waals surface area contributed by atoms with E-state index in [9.17, 15) is 0 Å². The van der Waals surface area contributed by atoms with E-state index < -0.39 is 0 Å². The van der Waals surface area contributed by atoms with Crippen LogP contribution in [0.4, 0.5) is 0 Å². The zero-order chi connectivity index (χ0) is 12.0. The smallest absolute Gasteiger partial charge is 0.122 e. The Morgan fingerprint density at radius 2 is 2.19 bits per heavy atom. The molecule has 0 aliphatic heterocycles. The molecule has 0 bridgehead atoms. The Balaban J connectivity index is 2.80. The van der Waals surface area contributed by atoms with Crippen molar-refractivity contribution in [3.05, 3.63) is 28.2 Å². The maximum absolute atomic E-state index is 5.38. The molecule has 1 rings (SSSR count). The van der Waals surface area contributed by atoms with Gasteiger partial charge in [0.15, 0.2) is 0 Å². The summed E-state index contributed by atoms with van der Waals surface area (Å²) >= 11 is 3.50. The molecule has 0 aliphatic rings. The summed E-state index contributed by atoms with van der Waals surface area (Å²) in [5, 5.41) is 3.35. The second-order valence-corrected chi connectivity index (χ2v) is 4.85. The van der Waals surface area contributed by atoms with Crippen LogP contribution in [0.5, 0.6) is 5.75 Å². The summed E-state index contributed by atoms with van der Waals surface area (Å²) in [6.45, 7) is 2.21. The molecule has 1 atom stereocenters. The van der Waals surface area contributed by atoms with E-state index in [4.69, 9.17) is 4.74 Å². The average molecular weight is 286 g/mol. The number of likely N-dealkylation sites (N-methyl/N-ethyl adjacent to an activating group) is 1. The van der Waals surface area contributed by atoms with E-state index in [1.54, 1.807) is 7.11 Å². The van der Waals surface area contributed by atoms with Crippen molar-refractivity contribution in [3.8, 4) is 5.75 Å². The zero-order valence-corrected chi connectivity index (χ0v) is 11.8. The van der Waals surface area contributed by atoms with E-state index in [1.165, 1.54) is 18.4 Å². The van der Waals surface area contributed by atoms with Crippen LogP contribution in [0.3, 0.4) is 0 Å².